The van der Waals surface area contributed by atoms with Crippen LogP contribution in [0.5, 0.6) is 0 Å². The number of rotatable bonds is 4. The van der Waals surface area contributed by atoms with Gasteiger partial charge in [0.15, 0.2) is 0 Å². The fraction of sp³-hybridized carbons (Fsp3) is 0.833. The van der Waals surface area contributed by atoms with Crippen molar-refractivity contribution in [2.24, 2.45) is 0 Å². The van der Waals surface area contributed by atoms with Gasteiger partial charge in [-0.25, -0.2) is 0 Å². The summed E-state index contributed by atoms with van der Waals surface area (Å²) < 4.78 is 5.40. The second-order valence-electron chi connectivity index (χ2n) is 5.20. The van der Waals surface area contributed by atoms with Gasteiger partial charge in [-0.1, -0.05) is 0 Å². The Hall–Kier alpha value is -0.900. The van der Waals surface area contributed by atoms with Crippen molar-refractivity contribution in [2.75, 3.05) is 13.6 Å². The molecule has 0 radical (unpaired) electrons. The average molecular weight is 227 g/mol. The molecular formula is C12H21NO3. The zero-order valence-electron chi connectivity index (χ0n) is 10.6. The van der Waals surface area contributed by atoms with Crippen molar-refractivity contribution >= 4 is 11.8 Å². The predicted molar refractivity (Wildman–Crippen MR) is 61.1 cm³/mol. The third-order valence-corrected chi connectivity index (χ3v) is 2.84. The molecule has 1 atom stereocenters. The summed E-state index contributed by atoms with van der Waals surface area (Å²) in [5.74, 6) is -0.163. The molecule has 1 aliphatic heterocycles. The molecule has 0 aromatic rings. The van der Waals surface area contributed by atoms with Gasteiger partial charge in [-0.3, -0.25) is 14.5 Å². The van der Waals surface area contributed by atoms with E-state index < -0.39 is 5.60 Å². The molecule has 1 fully saturated rings. The number of ketones is 1. The van der Waals surface area contributed by atoms with Crippen LogP contribution >= 0.6 is 0 Å². The first kappa shape index (κ1) is 13.2. The zero-order chi connectivity index (χ0) is 12.3. The quantitative estimate of drug-likeness (QED) is 0.681. The maximum Gasteiger partial charge on any atom is 0.323 e. The van der Waals surface area contributed by atoms with E-state index in [0.717, 1.165) is 19.4 Å². The minimum atomic E-state index is -0.688. The molecule has 1 aliphatic rings. The number of hydrogen-bond acceptors (Lipinski definition) is 4. The number of esters is 1. The molecule has 0 saturated carbocycles. The summed E-state index contributed by atoms with van der Waals surface area (Å²) in [6, 6.07) is -0.133. The molecule has 1 unspecified atom stereocenters. The van der Waals surface area contributed by atoms with Crippen molar-refractivity contribution in [3.05, 3.63) is 0 Å². The Morgan fingerprint density at radius 1 is 1.44 bits per heavy atom. The lowest BCUT2D eigenvalue weighted by Crippen LogP contribution is -2.40. The summed E-state index contributed by atoms with van der Waals surface area (Å²) in [5.41, 5.74) is -0.688. The molecule has 0 aromatic heterocycles. The molecule has 1 heterocycles. The molecule has 16 heavy (non-hydrogen) atoms. The van der Waals surface area contributed by atoms with Crippen molar-refractivity contribution in [3.8, 4) is 0 Å². The monoisotopic (exact) mass is 227 g/mol. The van der Waals surface area contributed by atoms with E-state index in [0.29, 0.717) is 0 Å². The molecule has 0 bridgehead atoms. The molecule has 1 rings (SSSR count). The summed E-state index contributed by atoms with van der Waals surface area (Å²) in [5, 5.41) is 0. The predicted octanol–water partition coefficient (Wildman–Crippen LogP) is 1.38. The first-order valence-corrected chi connectivity index (χ1v) is 5.74. The van der Waals surface area contributed by atoms with Crippen molar-refractivity contribution in [2.45, 2.75) is 51.7 Å². The molecule has 1 saturated heterocycles. The third kappa shape index (κ3) is 3.59. The van der Waals surface area contributed by atoms with Crippen LogP contribution < -0.4 is 0 Å². The molecule has 0 spiro atoms. The second-order valence-corrected chi connectivity index (χ2v) is 5.20. The van der Waals surface area contributed by atoms with Gasteiger partial charge in [-0.2, -0.15) is 0 Å². The summed E-state index contributed by atoms with van der Waals surface area (Å²) in [4.78, 5) is 24.9. The number of carbonyl (C=O) groups is 2. The minimum absolute atomic E-state index is 0.0394. The van der Waals surface area contributed by atoms with Crippen molar-refractivity contribution in [1.29, 1.82) is 0 Å². The second kappa shape index (κ2) is 4.95. The van der Waals surface area contributed by atoms with Crippen LogP contribution in [0, 0.1) is 0 Å². The van der Waals surface area contributed by atoms with E-state index in [4.69, 9.17) is 4.74 Å². The van der Waals surface area contributed by atoms with Crippen LogP contribution in [0.2, 0.25) is 0 Å². The Balaban J connectivity index is 2.52. The molecule has 92 valence electrons. The highest BCUT2D eigenvalue weighted by Gasteiger charge is 2.33. The first-order valence-electron chi connectivity index (χ1n) is 5.74. The van der Waals surface area contributed by atoms with Gasteiger partial charge in [0.05, 0.1) is 0 Å². The fourth-order valence-electron chi connectivity index (χ4n) is 2.18. The van der Waals surface area contributed by atoms with Crippen LogP contribution in [0.3, 0.4) is 0 Å². The number of hydrogen-bond donors (Lipinski definition) is 0. The fourth-order valence-corrected chi connectivity index (χ4v) is 2.18. The SMILES string of the molecule is CC(=O)CC(C)(C)OC(=O)C1CCCN1C. The number of likely N-dealkylation sites (N-methyl/N-ethyl adjacent to an activating group) is 1. The normalized spacial score (nSPS) is 22.1. The van der Waals surface area contributed by atoms with Crippen LogP contribution in [0.1, 0.15) is 40.0 Å². The Kier molecular flexibility index (Phi) is 4.08. The Morgan fingerprint density at radius 3 is 2.50 bits per heavy atom. The van der Waals surface area contributed by atoms with Crippen molar-refractivity contribution < 1.29 is 14.3 Å². The Bertz CT molecular complexity index is 286. The molecule has 0 N–H and O–H groups in total. The minimum Gasteiger partial charge on any atom is -0.458 e. The summed E-state index contributed by atoms with van der Waals surface area (Å²) in [6.07, 6.45) is 2.16. The maximum absolute atomic E-state index is 11.9. The van der Waals surface area contributed by atoms with E-state index in [1.165, 1.54) is 6.92 Å². The molecule has 0 amide bonds. The Labute approximate surface area is 96.9 Å². The van der Waals surface area contributed by atoms with Gasteiger partial charge in [0.25, 0.3) is 0 Å². The van der Waals surface area contributed by atoms with Crippen LogP contribution in [-0.2, 0) is 14.3 Å². The first-order chi connectivity index (χ1) is 7.32. The van der Waals surface area contributed by atoms with E-state index in [9.17, 15) is 9.59 Å². The average Bonchev–Trinajstić information content (AvgIpc) is 2.47. The lowest BCUT2D eigenvalue weighted by molar-refractivity contribution is -0.162. The van der Waals surface area contributed by atoms with Crippen LogP contribution in [0.25, 0.3) is 0 Å². The highest BCUT2D eigenvalue weighted by Crippen LogP contribution is 2.21. The lowest BCUT2D eigenvalue weighted by atomic mass is 10.0. The molecule has 4 heteroatoms. The zero-order valence-corrected chi connectivity index (χ0v) is 10.6. The number of Topliss-reactive ketones (excluding diaryl/α,β-unsaturated/α-hetero) is 1. The largest absolute Gasteiger partial charge is 0.458 e. The lowest BCUT2D eigenvalue weighted by Gasteiger charge is -2.27. The molecule has 0 aromatic carbocycles. The van der Waals surface area contributed by atoms with E-state index in [1.807, 2.05) is 11.9 Å². The number of ether oxygens (including phenoxy) is 1. The van der Waals surface area contributed by atoms with Gasteiger partial charge >= 0.3 is 5.97 Å². The number of likely N-dealkylation sites (tertiary alicyclic amines) is 1. The molecular weight excluding hydrogens is 206 g/mol. The smallest absolute Gasteiger partial charge is 0.323 e. The number of nitrogens with zero attached hydrogens (tertiary/aromatic N) is 1. The van der Waals surface area contributed by atoms with Crippen molar-refractivity contribution in [1.82, 2.24) is 4.90 Å². The van der Waals surface area contributed by atoms with Gasteiger partial charge in [0, 0.05) is 6.42 Å². The van der Waals surface area contributed by atoms with E-state index in [-0.39, 0.29) is 24.2 Å². The van der Waals surface area contributed by atoms with E-state index in [2.05, 4.69) is 0 Å². The molecule has 0 aliphatic carbocycles. The highest BCUT2D eigenvalue weighted by molar-refractivity contribution is 5.79. The standard InChI is InChI=1S/C12H21NO3/c1-9(14)8-12(2,3)16-11(15)10-6-5-7-13(10)4/h10H,5-8H2,1-4H3. The van der Waals surface area contributed by atoms with Gasteiger partial charge in [-0.15, -0.1) is 0 Å². The van der Waals surface area contributed by atoms with E-state index >= 15 is 0 Å². The van der Waals surface area contributed by atoms with E-state index in [1.54, 1.807) is 13.8 Å². The van der Waals surface area contributed by atoms with Crippen LogP contribution in [0.4, 0.5) is 0 Å². The number of carbonyl (C=O) groups excluding carboxylic acids is 2. The van der Waals surface area contributed by atoms with Crippen molar-refractivity contribution in [3.63, 3.8) is 0 Å². The summed E-state index contributed by atoms with van der Waals surface area (Å²) >= 11 is 0. The van der Waals surface area contributed by atoms with Gasteiger partial charge < -0.3 is 4.74 Å². The topological polar surface area (TPSA) is 46.6 Å². The highest BCUT2D eigenvalue weighted by atomic mass is 16.6. The maximum atomic E-state index is 11.9. The third-order valence-electron chi connectivity index (χ3n) is 2.84. The van der Waals surface area contributed by atoms with Gasteiger partial charge in [0.2, 0.25) is 0 Å². The van der Waals surface area contributed by atoms with Crippen LogP contribution in [-0.4, -0.2) is 41.9 Å². The molecule has 4 nitrogen and oxygen atoms in total. The van der Waals surface area contributed by atoms with Gasteiger partial charge in [0.1, 0.15) is 17.4 Å². The van der Waals surface area contributed by atoms with Crippen LogP contribution in [0.15, 0.2) is 0 Å². The summed E-state index contributed by atoms with van der Waals surface area (Å²) in [7, 11) is 1.93. The summed E-state index contributed by atoms with van der Waals surface area (Å²) in [6.45, 7) is 6.01. The van der Waals surface area contributed by atoms with Gasteiger partial charge in [-0.05, 0) is 47.2 Å². The Morgan fingerprint density at radius 2 is 2.06 bits per heavy atom.